The van der Waals surface area contributed by atoms with Gasteiger partial charge in [0.25, 0.3) is 0 Å². The van der Waals surface area contributed by atoms with Crippen molar-refractivity contribution in [3.63, 3.8) is 0 Å². The van der Waals surface area contributed by atoms with Crippen LogP contribution in [-0.4, -0.2) is 44.3 Å². The Labute approximate surface area is 120 Å². The van der Waals surface area contributed by atoms with Gasteiger partial charge in [0.15, 0.2) is 13.2 Å². The summed E-state index contributed by atoms with van der Waals surface area (Å²) in [5.41, 5.74) is 0. The van der Waals surface area contributed by atoms with Crippen molar-refractivity contribution in [3.8, 4) is 0 Å². The molecule has 0 radical (unpaired) electrons. The van der Waals surface area contributed by atoms with Crippen LogP contribution in [0.4, 0.5) is 48.3 Å². The first kappa shape index (κ1) is 22.3. The van der Waals surface area contributed by atoms with E-state index in [1.807, 2.05) is 0 Å². The molecule has 0 amide bonds. The highest BCUT2D eigenvalue weighted by Gasteiger charge is 2.59. The molecule has 0 aliphatic carbocycles. The van der Waals surface area contributed by atoms with Gasteiger partial charge in [-0.2, -0.15) is 48.3 Å². The third-order valence-corrected chi connectivity index (χ3v) is 2.93. The summed E-state index contributed by atoms with van der Waals surface area (Å²) >= 11 is 0. The molecule has 0 rings (SSSR count). The molecule has 0 heterocycles. The summed E-state index contributed by atoms with van der Waals surface area (Å²) in [4.78, 5) is 0. The minimum Gasteiger partial charge on any atom is -0.280 e. The number of phosphoric acid groups is 1. The van der Waals surface area contributed by atoms with Crippen LogP contribution >= 0.6 is 7.82 Å². The first-order chi connectivity index (χ1) is 9.87. The molecule has 0 aliphatic rings. The van der Waals surface area contributed by atoms with Gasteiger partial charge in [0.05, 0.1) is 0 Å². The lowest BCUT2D eigenvalue weighted by molar-refractivity contribution is -0.291. The minimum absolute atomic E-state index is 2.57. The molecule has 0 bridgehead atoms. The fourth-order valence-corrected chi connectivity index (χ4v) is 1.81. The summed E-state index contributed by atoms with van der Waals surface area (Å²) in [5.74, 6) is -5.72. The van der Waals surface area contributed by atoms with Gasteiger partial charge in [-0.3, -0.25) is 13.6 Å². The van der Waals surface area contributed by atoms with E-state index in [1.165, 1.54) is 0 Å². The molecule has 0 N–H and O–H groups in total. The third-order valence-electron chi connectivity index (χ3n) is 1.59. The second kappa shape index (κ2) is 7.07. The van der Waals surface area contributed by atoms with E-state index < -0.39 is 52.1 Å². The standard InChI is InChI=1S/C7H6F11O4P/c8-4(9,7(16,17)18)1-20-23(19,21-2-5(10,11)12)22-3-6(13,14)15/h1-3H2. The van der Waals surface area contributed by atoms with Crippen molar-refractivity contribution in [2.75, 3.05) is 19.8 Å². The van der Waals surface area contributed by atoms with E-state index in [0.29, 0.717) is 0 Å². The van der Waals surface area contributed by atoms with Gasteiger partial charge in [-0.1, -0.05) is 0 Å². The lowest BCUT2D eigenvalue weighted by Gasteiger charge is -2.23. The Kier molecular flexibility index (Phi) is 6.87. The van der Waals surface area contributed by atoms with E-state index in [0.717, 1.165) is 0 Å². The maximum Gasteiger partial charge on any atom is 0.475 e. The number of rotatable bonds is 7. The minimum atomic E-state index is -6.26. The highest BCUT2D eigenvalue weighted by atomic mass is 31.2. The van der Waals surface area contributed by atoms with Crippen LogP contribution in [0.25, 0.3) is 0 Å². The molecule has 0 saturated carbocycles. The molecule has 140 valence electrons. The van der Waals surface area contributed by atoms with Crippen molar-refractivity contribution in [2.24, 2.45) is 0 Å². The Balaban J connectivity index is 5.02. The lowest BCUT2D eigenvalue weighted by atomic mass is 10.3. The average molecular weight is 394 g/mol. The Morgan fingerprint density at radius 3 is 1.17 bits per heavy atom. The third kappa shape index (κ3) is 9.27. The van der Waals surface area contributed by atoms with E-state index in [2.05, 4.69) is 13.6 Å². The zero-order valence-corrected chi connectivity index (χ0v) is 11.3. The van der Waals surface area contributed by atoms with E-state index in [4.69, 9.17) is 0 Å². The summed E-state index contributed by atoms with van der Waals surface area (Å²) in [6.45, 7) is -8.01. The highest BCUT2D eigenvalue weighted by molar-refractivity contribution is 7.48. The van der Waals surface area contributed by atoms with Crippen molar-refractivity contribution in [1.29, 1.82) is 0 Å². The summed E-state index contributed by atoms with van der Waals surface area (Å²) in [5, 5.41) is 0. The number of phosphoric ester groups is 1. The predicted octanol–water partition coefficient (Wildman–Crippen LogP) is 4.47. The van der Waals surface area contributed by atoms with Crippen LogP contribution < -0.4 is 0 Å². The summed E-state index contributed by atoms with van der Waals surface area (Å²) in [6.07, 6.45) is -16.9. The number of halogens is 11. The zero-order chi connectivity index (χ0) is 18.7. The van der Waals surface area contributed by atoms with Crippen molar-refractivity contribution in [3.05, 3.63) is 0 Å². The smallest absolute Gasteiger partial charge is 0.280 e. The van der Waals surface area contributed by atoms with Crippen LogP contribution in [0.2, 0.25) is 0 Å². The molecule has 0 fully saturated rings. The molecule has 0 unspecified atom stereocenters. The zero-order valence-electron chi connectivity index (χ0n) is 10.4. The molecule has 0 aromatic rings. The van der Waals surface area contributed by atoms with Crippen LogP contribution in [-0.2, 0) is 18.1 Å². The Bertz CT molecular complexity index is 404. The summed E-state index contributed by atoms with van der Waals surface area (Å²) in [7, 11) is -6.00. The fraction of sp³-hybridized carbons (Fsp3) is 1.00. The van der Waals surface area contributed by atoms with Gasteiger partial charge in [0.2, 0.25) is 0 Å². The monoisotopic (exact) mass is 394 g/mol. The summed E-state index contributed by atoms with van der Waals surface area (Å²) < 4.78 is 152. The van der Waals surface area contributed by atoms with E-state index in [1.54, 1.807) is 0 Å². The maximum absolute atomic E-state index is 12.5. The first-order valence-corrected chi connectivity index (χ1v) is 6.45. The van der Waals surface area contributed by atoms with Gasteiger partial charge >= 0.3 is 32.3 Å². The van der Waals surface area contributed by atoms with E-state index in [9.17, 15) is 52.9 Å². The molecule has 23 heavy (non-hydrogen) atoms. The summed E-state index contributed by atoms with van der Waals surface area (Å²) in [6, 6.07) is 0. The molecular weight excluding hydrogens is 388 g/mol. The topological polar surface area (TPSA) is 44.8 Å². The van der Waals surface area contributed by atoms with Gasteiger partial charge in [0, 0.05) is 0 Å². The first-order valence-electron chi connectivity index (χ1n) is 4.99. The van der Waals surface area contributed by atoms with Crippen LogP contribution in [0.5, 0.6) is 0 Å². The molecular formula is C7H6F11O4P. The molecule has 0 aromatic carbocycles. The van der Waals surface area contributed by atoms with Gasteiger partial charge in [-0.15, -0.1) is 0 Å². The fourth-order valence-electron chi connectivity index (χ4n) is 0.658. The van der Waals surface area contributed by atoms with Crippen molar-refractivity contribution >= 4 is 7.82 Å². The lowest BCUT2D eigenvalue weighted by Crippen LogP contribution is -2.40. The number of alkyl halides is 11. The van der Waals surface area contributed by atoms with Gasteiger partial charge in [-0.25, -0.2) is 4.57 Å². The SMILES string of the molecule is O=P(OCC(F)(F)F)(OCC(F)(F)F)OCC(F)(F)C(F)(F)F. The predicted molar refractivity (Wildman–Crippen MR) is 48.6 cm³/mol. The van der Waals surface area contributed by atoms with Gasteiger partial charge < -0.3 is 0 Å². The Morgan fingerprint density at radius 2 is 0.913 bits per heavy atom. The van der Waals surface area contributed by atoms with Crippen LogP contribution in [0.1, 0.15) is 0 Å². The van der Waals surface area contributed by atoms with E-state index >= 15 is 0 Å². The Hall–Kier alpha value is -0.660. The Morgan fingerprint density at radius 1 is 0.609 bits per heavy atom. The average Bonchev–Trinajstić information content (AvgIpc) is 2.29. The van der Waals surface area contributed by atoms with Gasteiger partial charge in [0.1, 0.15) is 6.61 Å². The molecule has 0 saturated heterocycles. The quantitative estimate of drug-likeness (QED) is 0.473. The van der Waals surface area contributed by atoms with Crippen molar-refractivity contribution < 1.29 is 66.4 Å². The molecule has 0 atom stereocenters. The number of hydrogen-bond acceptors (Lipinski definition) is 4. The molecule has 4 nitrogen and oxygen atoms in total. The van der Waals surface area contributed by atoms with Crippen LogP contribution in [0, 0.1) is 0 Å². The molecule has 0 spiro atoms. The van der Waals surface area contributed by atoms with Crippen molar-refractivity contribution in [2.45, 2.75) is 24.5 Å². The van der Waals surface area contributed by atoms with Gasteiger partial charge in [-0.05, 0) is 0 Å². The van der Waals surface area contributed by atoms with Crippen molar-refractivity contribution in [1.82, 2.24) is 0 Å². The normalized spacial score (nSPS) is 15.1. The van der Waals surface area contributed by atoms with E-state index in [-0.39, 0.29) is 0 Å². The second-order valence-corrected chi connectivity index (χ2v) is 5.37. The number of hydrogen-bond donors (Lipinski definition) is 0. The van der Waals surface area contributed by atoms with Crippen LogP contribution in [0.15, 0.2) is 0 Å². The second-order valence-electron chi connectivity index (χ2n) is 3.70. The largest absolute Gasteiger partial charge is 0.475 e. The maximum atomic E-state index is 12.5. The molecule has 0 aromatic heterocycles. The molecule has 16 heteroatoms. The molecule has 0 aliphatic heterocycles. The highest BCUT2D eigenvalue weighted by Crippen LogP contribution is 2.53. The van der Waals surface area contributed by atoms with Crippen LogP contribution in [0.3, 0.4) is 0 Å².